The van der Waals surface area contributed by atoms with Gasteiger partial charge in [-0.05, 0) is 41.5 Å². The van der Waals surface area contributed by atoms with Crippen LogP contribution in [0.1, 0.15) is 5.69 Å². The number of phenolic OH excluding ortho intramolecular Hbond substituents is 1. The lowest BCUT2D eigenvalue weighted by atomic mass is 10.00. The van der Waals surface area contributed by atoms with Gasteiger partial charge in [-0.25, -0.2) is 9.97 Å². The van der Waals surface area contributed by atoms with Crippen molar-refractivity contribution < 1.29 is 31.5 Å². The fourth-order valence-electron chi connectivity index (χ4n) is 3.30. The van der Waals surface area contributed by atoms with Gasteiger partial charge < -0.3 is 9.52 Å². The van der Waals surface area contributed by atoms with Gasteiger partial charge in [0.05, 0.1) is 0 Å². The van der Waals surface area contributed by atoms with Crippen molar-refractivity contribution >= 4 is 16.7 Å². The van der Waals surface area contributed by atoms with Crippen LogP contribution in [0.5, 0.6) is 5.75 Å². The fraction of sp³-hybridized carbons (Fsp3) is 0.100. The Bertz CT molecular complexity index is 1440. The van der Waals surface area contributed by atoms with Gasteiger partial charge in [0.1, 0.15) is 28.4 Å². The Balaban J connectivity index is 1.85. The van der Waals surface area contributed by atoms with E-state index in [0.717, 1.165) is 6.39 Å². The van der Waals surface area contributed by atoms with Gasteiger partial charge in [0.15, 0.2) is 0 Å². The van der Waals surface area contributed by atoms with E-state index in [0.29, 0.717) is 17.0 Å². The van der Waals surface area contributed by atoms with Crippen molar-refractivity contribution in [2.45, 2.75) is 12.1 Å². The molecule has 0 aliphatic carbocycles. The second-order valence-electron chi connectivity index (χ2n) is 6.84. The lowest BCUT2D eigenvalue weighted by Gasteiger charge is -2.20. The lowest BCUT2D eigenvalue weighted by molar-refractivity contribution is -0.290. The summed E-state index contributed by atoms with van der Waals surface area (Å²) in [4.78, 5) is 7.92. The SMILES string of the molecule is Oc1ccc(-c2cc(C(F)(F)C(F)(F)F)nc3c2ccc2nc(-c4nnco4)cn23)cc1. The first kappa shape index (κ1) is 19.8. The number of phenols is 1. The summed E-state index contributed by atoms with van der Waals surface area (Å²) >= 11 is 0. The van der Waals surface area contributed by atoms with E-state index in [2.05, 4.69) is 20.2 Å². The molecule has 0 spiro atoms. The van der Waals surface area contributed by atoms with Gasteiger partial charge >= 0.3 is 12.1 Å². The molecule has 0 bridgehead atoms. The van der Waals surface area contributed by atoms with E-state index in [-0.39, 0.29) is 34.2 Å². The molecular weight excluding hydrogens is 437 g/mol. The van der Waals surface area contributed by atoms with Crippen molar-refractivity contribution in [3.8, 4) is 28.5 Å². The molecule has 0 saturated carbocycles. The molecule has 0 aliphatic rings. The van der Waals surface area contributed by atoms with Crippen LogP contribution in [-0.2, 0) is 5.92 Å². The normalized spacial score (nSPS) is 12.7. The summed E-state index contributed by atoms with van der Waals surface area (Å²) in [5.41, 5.74) is -0.848. The molecule has 4 heterocycles. The molecule has 0 radical (unpaired) electrons. The highest BCUT2D eigenvalue weighted by atomic mass is 19.4. The van der Waals surface area contributed by atoms with Gasteiger partial charge in [0.2, 0.25) is 6.39 Å². The maximum absolute atomic E-state index is 14.3. The monoisotopic (exact) mass is 447 g/mol. The van der Waals surface area contributed by atoms with Crippen LogP contribution in [0.3, 0.4) is 0 Å². The predicted molar refractivity (Wildman–Crippen MR) is 101 cm³/mol. The Labute approximate surface area is 174 Å². The molecule has 7 nitrogen and oxygen atoms in total. The molecule has 5 aromatic rings. The maximum Gasteiger partial charge on any atom is 0.459 e. The minimum Gasteiger partial charge on any atom is -0.508 e. The van der Waals surface area contributed by atoms with E-state index >= 15 is 0 Å². The first-order valence-electron chi connectivity index (χ1n) is 8.99. The Hall–Kier alpha value is -4.09. The minimum atomic E-state index is -5.85. The molecule has 4 aromatic heterocycles. The molecular formula is C20H10F5N5O2. The van der Waals surface area contributed by atoms with Crippen LogP contribution >= 0.6 is 0 Å². The van der Waals surface area contributed by atoms with Gasteiger partial charge in [-0.15, -0.1) is 10.2 Å². The largest absolute Gasteiger partial charge is 0.508 e. The van der Waals surface area contributed by atoms with Crippen molar-refractivity contribution in [2.75, 3.05) is 0 Å². The topological polar surface area (TPSA) is 89.3 Å². The van der Waals surface area contributed by atoms with E-state index < -0.39 is 17.8 Å². The third-order valence-electron chi connectivity index (χ3n) is 4.83. The Morgan fingerprint density at radius 2 is 1.69 bits per heavy atom. The Morgan fingerprint density at radius 3 is 2.34 bits per heavy atom. The number of benzene rings is 1. The van der Waals surface area contributed by atoms with Crippen molar-refractivity contribution in [3.05, 3.63) is 60.7 Å². The number of halogens is 5. The van der Waals surface area contributed by atoms with Crippen LogP contribution in [-0.4, -0.2) is 35.8 Å². The Morgan fingerprint density at radius 1 is 0.938 bits per heavy atom. The van der Waals surface area contributed by atoms with Gasteiger partial charge in [-0.1, -0.05) is 12.1 Å². The summed E-state index contributed by atoms with van der Waals surface area (Å²) in [5, 5.41) is 17.1. The molecule has 0 unspecified atom stereocenters. The molecule has 5 rings (SSSR count). The van der Waals surface area contributed by atoms with Crippen LogP contribution in [0, 0.1) is 0 Å². The third kappa shape index (κ3) is 3.02. The summed E-state index contributed by atoms with van der Waals surface area (Å²) in [7, 11) is 0. The summed E-state index contributed by atoms with van der Waals surface area (Å²) in [6.45, 7) is 0. The molecule has 32 heavy (non-hydrogen) atoms. The van der Waals surface area contributed by atoms with Crippen LogP contribution in [0.15, 0.2) is 59.5 Å². The number of aromatic nitrogens is 5. The third-order valence-corrected chi connectivity index (χ3v) is 4.83. The van der Waals surface area contributed by atoms with Crippen LogP contribution in [0.25, 0.3) is 39.4 Å². The molecule has 0 amide bonds. The van der Waals surface area contributed by atoms with E-state index in [9.17, 15) is 27.1 Å². The first-order chi connectivity index (χ1) is 15.1. The fourth-order valence-corrected chi connectivity index (χ4v) is 3.30. The van der Waals surface area contributed by atoms with Gasteiger partial charge in [-0.2, -0.15) is 22.0 Å². The zero-order valence-corrected chi connectivity index (χ0v) is 15.7. The average molecular weight is 447 g/mol. The number of imidazole rings is 1. The second kappa shape index (κ2) is 6.70. The molecule has 0 atom stereocenters. The quantitative estimate of drug-likeness (QED) is 0.394. The summed E-state index contributed by atoms with van der Waals surface area (Å²) in [6, 6.07) is 9.17. The number of hydrogen-bond acceptors (Lipinski definition) is 6. The van der Waals surface area contributed by atoms with Crippen molar-refractivity contribution in [3.63, 3.8) is 0 Å². The number of alkyl halides is 5. The predicted octanol–water partition coefficient (Wildman–Crippen LogP) is 4.96. The standard InChI is InChI=1S/C20H10F5N5O2/c21-19(22,20(23,24)25)15-7-13(10-1-3-11(31)4-2-10)12-5-6-16-27-14(18-29-26-9-32-18)8-30(16)17(12)28-15/h1-9,31H. The highest BCUT2D eigenvalue weighted by Gasteiger charge is 2.60. The van der Waals surface area contributed by atoms with Gasteiger partial charge in [0.25, 0.3) is 5.89 Å². The van der Waals surface area contributed by atoms with E-state index in [1.165, 1.54) is 40.9 Å². The first-order valence-corrected chi connectivity index (χ1v) is 8.99. The summed E-state index contributed by atoms with van der Waals surface area (Å²) < 4.78 is 74.4. The molecule has 12 heteroatoms. The van der Waals surface area contributed by atoms with E-state index in [1.54, 1.807) is 6.07 Å². The second-order valence-corrected chi connectivity index (χ2v) is 6.84. The lowest BCUT2D eigenvalue weighted by Crippen LogP contribution is -2.34. The highest BCUT2D eigenvalue weighted by Crippen LogP contribution is 2.45. The van der Waals surface area contributed by atoms with Crippen molar-refractivity contribution in [2.24, 2.45) is 0 Å². The van der Waals surface area contributed by atoms with Crippen molar-refractivity contribution in [1.82, 2.24) is 24.6 Å². The number of hydrogen-bond donors (Lipinski definition) is 1. The molecule has 1 N–H and O–H groups in total. The highest BCUT2D eigenvalue weighted by molar-refractivity contribution is 5.94. The number of rotatable bonds is 3. The van der Waals surface area contributed by atoms with E-state index in [1.807, 2.05) is 0 Å². The van der Waals surface area contributed by atoms with Gasteiger partial charge in [0, 0.05) is 11.6 Å². The molecule has 0 fully saturated rings. The molecule has 1 aromatic carbocycles. The average Bonchev–Trinajstić information content (AvgIpc) is 3.42. The van der Waals surface area contributed by atoms with Crippen LogP contribution < -0.4 is 0 Å². The zero-order chi connectivity index (χ0) is 22.7. The van der Waals surface area contributed by atoms with Crippen LogP contribution in [0.4, 0.5) is 22.0 Å². The van der Waals surface area contributed by atoms with Gasteiger partial charge in [-0.3, -0.25) is 4.40 Å². The van der Waals surface area contributed by atoms with Crippen molar-refractivity contribution in [1.29, 1.82) is 0 Å². The smallest absolute Gasteiger partial charge is 0.459 e. The number of fused-ring (bicyclic) bond motifs is 3. The Kier molecular flexibility index (Phi) is 4.16. The van der Waals surface area contributed by atoms with Crippen LogP contribution in [0.2, 0.25) is 0 Å². The summed E-state index contributed by atoms with van der Waals surface area (Å²) in [6.07, 6.45) is -3.42. The van der Waals surface area contributed by atoms with E-state index in [4.69, 9.17) is 4.42 Å². The number of pyridine rings is 2. The molecule has 0 saturated heterocycles. The minimum absolute atomic E-state index is 0.0392. The molecule has 162 valence electrons. The zero-order valence-electron chi connectivity index (χ0n) is 15.7. The molecule has 0 aliphatic heterocycles. The number of aromatic hydroxyl groups is 1. The maximum atomic E-state index is 14.3. The number of nitrogens with zero attached hydrogens (tertiary/aromatic N) is 5. The summed E-state index contributed by atoms with van der Waals surface area (Å²) in [5.74, 6) is -5.25.